The molecule has 0 atom stereocenters. The van der Waals surface area contributed by atoms with Crippen LogP contribution in [0, 0.1) is 13.8 Å². The standard InChI is InChI=1S/C13H14BrN3OS/c1-4-10-12(19-17-16-10)13(18)15-11-8(3)5-7(2)6-9(11)14/h5-6H,4H2,1-3H3,(H,15,18). The van der Waals surface area contributed by atoms with Crippen LogP contribution in [0.15, 0.2) is 16.6 Å². The van der Waals surface area contributed by atoms with E-state index in [1.165, 1.54) is 0 Å². The topological polar surface area (TPSA) is 54.9 Å². The van der Waals surface area contributed by atoms with Crippen LogP contribution in [-0.2, 0) is 6.42 Å². The molecule has 1 amide bonds. The van der Waals surface area contributed by atoms with E-state index in [1.54, 1.807) is 0 Å². The van der Waals surface area contributed by atoms with Crippen molar-refractivity contribution in [2.24, 2.45) is 0 Å². The molecule has 0 saturated heterocycles. The van der Waals surface area contributed by atoms with Crippen LogP contribution in [0.4, 0.5) is 5.69 Å². The number of anilines is 1. The predicted octanol–water partition coefficient (Wildman–Crippen LogP) is 3.73. The summed E-state index contributed by atoms with van der Waals surface area (Å²) in [5.74, 6) is -0.153. The van der Waals surface area contributed by atoms with Gasteiger partial charge in [0.2, 0.25) is 0 Å². The number of nitrogens with zero attached hydrogens (tertiary/aromatic N) is 2. The summed E-state index contributed by atoms with van der Waals surface area (Å²) in [5.41, 5.74) is 3.71. The van der Waals surface area contributed by atoms with Gasteiger partial charge in [-0.25, -0.2) is 0 Å². The predicted molar refractivity (Wildman–Crippen MR) is 80.9 cm³/mol. The Labute approximate surface area is 124 Å². The number of aromatic nitrogens is 2. The molecule has 2 rings (SSSR count). The summed E-state index contributed by atoms with van der Waals surface area (Å²) in [5, 5.41) is 6.88. The fourth-order valence-electron chi connectivity index (χ4n) is 1.86. The molecule has 1 heterocycles. The Morgan fingerprint density at radius 2 is 2.16 bits per heavy atom. The van der Waals surface area contributed by atoms with Crippen molar-refractivity contribution < 1.29 is 4.79 Å². The van der Waals surface area contributed by atoms with Gasteiger partial charge in [0.25, 0.3) is 5.91 Å². The van der Waals surface area contributed by atoms with Crippen molar-refractivity contribution in [2.45, 2.75) is 27.2 Å². The largest absolute Gasteiger partial charge is 0.320 e. The number of hydrogen-bond donors (Lipinski definition) is 1. The number of nitrogens with one attached hydrogen (secondary N) is 1. The van der Waals surface area contributed by atoms with Gasteiger partial charge in [0.05, 0.1) is 11.4 Å². The molecule has 100 valence electrons. The van der Waals surface area contributed by atoms with E-state index >= 15 is 0 Å². The zero-order valence-electron chi connectivity index (χ0n) is 11.0. The molecule has 0 bridgehead atoms. The third kappa shape index (κ3) is 3.01. The molecule has 1 N–H and O–H groups in total. The van der Waals surface area contributed by atoms with E-state index in [2.05, 4.69) is 30.8 Å². The van der Waals surface area contributed by atoms with Crippen molar-refractivity contribution in [3.8, 4) is 0 Å². The average molecular weight is 340 g/mol. The Morgan fingerprint density at radius 1 is 1.42 bits per heavy atom. The molecule has 0 unspecified atom stereocenters. The summed E-state index contributed by atoms with van der Waals surface area (Å²) in [6.07, 6.45) is 0.702. The van der Waals surface area contributed by atoms with E-state index in [0.717, 1.165) is 38.5 Å². The number of amides is 1. The SMILES string of the molecule is CCc1nnsc1C(=O)Nc1c(C)cc(C)cc1Br. The Kier molecular flexibility index (Phi) is 4.31. The summed E-state index contributed by atoms with van der Waals surface area (Å²) < 4.78 is 4.72. The summed E-state index contributed by atoms with van der Waals surface area (Å²) in [6.45, 7) is 5.95. The van der Waals surface area contributed by atoms with E-state index in [9.17, 15) is 4.79 Å². The third-order valence-electron chi connectivity index (χ3n) is 2.77. The van der Waals surface area contributed by atoms with Crippen molar-refractivity contribution in [3.05, 3.63) is 38.3 Å². The van der Waals surface area contributed by atoms with E-state index in [0.29, 0.717) is 11.3 Å². The lowest BCUT2D eigenvalue weighted by Crippen LogP contribution is -2.13. The minimum Gasteiger partial charge on any atom is -0.320 e. The Bertz CT molecular complexity index is 601. The van der Waals surface area contributed by atoms with E-state index in [-0.39, 0.29) is 5.91 Å². The number of rotatable bonds is 3. The van der Waals surface area contributed by atoms with E-state index in [4.69, 9.17) is 0 Å². The minimum absolute atomic E-state index is 0.153. The molecule has 0 aliphatic rings. The quantitative estimate of drug-likeness (QED) is 0.926. The van der Waals surface area contributed by atoms with Gasteiger partial charge in [-0.05, 0) is 64.9 Å². The molecule has 1 aromatic heterocycles. The van der Waals surface area contributed by atoms with Crippen LogP contribution in [0.2, 0.25) is 0 Å². The molecule has 0 spiro atoms. The maximum absolute atomic E-state index is 12.2. The number of halogens is 1. The lowest BCUT2D eigenvalue weighted by Gasteiger charge is -2.11. The molecular weight excluding hydrogens is 326 g/mol. The molecule has 0 aliphatic heterocycles. The van der Waals surface area contributed by atoms with E-state index < -0.39 is 0 Å². The highest BCUT2D eigenvalue weighted by Crippen LogP contribution is 2.28. The first kappa shape index (κ1) is 14.1. The van der Waals surface area contributed by atoms with Crippen LogP contribution in [-0.4, -0.2) is 15.5 Å². The second-order valence-electron chi connectivity index (χ2n) is 4.30. The fourth-order valence-corrected chi connectivity index (χ4v) is 3.28. The molecule has 0 radical (unpaired) electrons. The van der Waals surface area contributed by atoms with Gasteiger partial charge in [-0.3, -0.25) is 4.79 Å². The van der Waals surface area contributed by atoms with Crippen LogP contribution < -0.4 is 5.32 Å². The van der Waals surface area contributed by atoms with Crippen LogP contribution in [0.1, 0.15) is 33.4 Å². The van der Waals surface area contributed by atoms with Crippen molar-refractivity contribution in [3.63, 3.8) is 0 Å². The van der Waals surface area contributed by atoms with Gasteiger partial charge < -0.3 is 5.32 Å². The Balaban J connectivity index is 2.29. The number of carbonyl (C=O) groups excluding carboxylic acids is 1. The molecule has 0 fully saturated rings. The number of hydrogen-bond acceptors (Lipinski definition) is 4. The van der Waals surface area contributed by atoms with Gasteiger partial charge in [0, 0.05) is 4.47 Å². The molecule has 19 heavy (non-hydrogen) atoms. The summed E-state index contributed by atoms with van der Waals surface area (Å²) in [6, 6.07) is 4.01. The zero-order valence-corrected chi connectivity index (χ0v) is 13.4. The van der Waals surface area contributed by atoms with Gasteiger partial charge in [-0.15, -0.1) is 5.10 Å². The van der Waals surface area contributed by atoms with Crippen LogP contribution in [0.3, 0.4) is 0 Å². The van der Waals surface area contributed by atoms with Gasteiger partial charge in [-0.1, -0.05) is 17.5 Å². The van der Waals surface area contributed by atoms with Gasteiger partial charge in [0.15, 0.2) is 0 Å². The van der Waals surface area contributed by atoms with Crippen molar-refractivity contribution in [1.82, 2.24) is 9.59 Å². The highest BCUT2D eigenvalue weighted by molar-refractivity contribution is 9.10. The second-order valence-corrected chi connectivity index (χ2v) is 5.90. The summed E-state index contributed by atoms with van der Waals surface area (Å²) in [4.78, 5) is 12.8. The monoisotopic (exact) mass is 339 g/mol. The molecule has 0 aliphatic carbocycles. The first-order valence-corrected chi connectivity index (χ1v) is 7.49. The van der Waals surface area contributed by atoms with Crippen LogP contribution >= 0.6 is 27.5 Å². The average Bonchev–Trinajstić information content (AvgIpc) is 2.81. The molecule has 1 aromatic carbocycles. The summed E-state index contributed by atoms with van der Waals surface area (Å²) in [7, 11) is 0. The minimum atomic E-state index is -0.153. The normalized spacial score (nSPS) is 10.5. The number of carbonyl (C=O) groups is 1. The maximum atomic E-state index is 12.2. The number of aryl methyl sites for hydroxylation is 3. The Hall–Kier alpha value is -1.27. The first-order valence-electron chi connectivity index (χ1n) is 5.92. The van der Waals surface area contributed by atoms with Gasteiger partial charge >= 0.3 is 0 Å². The Morgan fingerprint density at radius 3 is 2.79 bits per heavy atom. The molecule has 4 nitrogen and oxygen atoms in total. The lowest BCUT2D eigenvalue weighted by atomic mass is 10.1. The van der Waals surface area contributed by atoms with Crippen molar-refractivity contribution in [1.29, 1.82) is 0 Å². The number of benzene rings is 1. The van der Waals surface area contributed by atoms with E-state index in [1.807, 2.05) is 32.9 Å². The van der Waals surface area contributed by atoms with Crippen molar-refractivity contribution >= 4 is 39.1 Å². The molecule has 6 heteroatoms. The summed E-state index contributed by atoms with van der Waals surface area (Å²) >= 11 is 4.61. The lowest BCUT2D eigenvalue weighted by molar-refractivity contribution is 0.102. The van der Waals surface area contributed by atoms with Crippen molar-refractivity contribution in [2.75, 3.05) is 5.32 Å². The fraction of sp³-hybridized carbons (Fsp3) is 0.308. The highest BCUT2D eigenvalue weighted by atomic mass is 79.9. The molecule has 2 aromatic rings. The zero-order chi connectivity index (χ0) is 14.0. The van der Waals surface area contributed by atoms with Crippen LogP contribution in [0.5, 0.6) is 0 Å². The third-order valence-corrected chi connectivity index (χ3v) is 4.16. The first-order chi connectivity index (χ1) is 9.02. The second kappa shape index (κ2) is 5.79. The smallest absolute Gasteiger partial charge is 0.269 e. The molecular formula is C13H14BrN3OS. The van der Waals surface area contributed by atoms with Gasteiger partial charge in [-0.2, -0.15) is 0 Å². The van der Waals surface area contributed by atoms with Crippen LogP contribution in [0.25, 0.3) is 0 Å². The molecule has 0 saturated carbocycles. The van der Waals surface area contributed by atoms with Gasteiger partial charge in [0.1, 0.15) is 4.88 Å². The highest BCUT2D eigenvalue weighted by Gasteiger charge is 2.17. The maximum Gasteiger partial charge on any atom is 0.269 e.